The molecule has 1 aromatic carbocycles. The monoisotopic (exact) mass is 525 g/mol. The van der Waals surface area contributed by atoms with Gasteiger partial charge in [0.2, 0.25) is 11.9 Å². The summed E-state index contributed by atoms with van der Waals surface area (Å²) >= 11 is 6.62. The first-order valence-corrected chi connectivity index (χ1v) is 12.3. The topological polar surface area (TPSA) is 101 Å². The first-order valence-electron chi connectivity index (χ1n) is 12.4. The van der Waals surface area contributed by atoms with Gasteiger partial charge in [-0.2, -0.15) is 19.0 Å². The van der Waals surface area contributed by atoms with Crippen LogP contribution in [0.2, 0.25) is 5.02 Å². The van der Waals surface area contributed by atoms with Crippen molar-refractivity contribution in [3.63, 3.8) is 0 Å². The Balaban J connectivity index is 1.62. The summed E-state index contributed by atoms with van der Waals surface area (Å²) in [5.74, 6) is -2.11. The Labute approximate surface area is 220 Å². The van der Waals surface area contributed by atoms with Gasteiger partial charge in [0.05, 0.1) is 34.9 Å². The maximum Gasteiger partial charge on any atom is 0.221 e. The molecule has 1 fully saturated rings. The maximum atomic E-state index is 15.0. The van der Waals surface area contributed by atoms with Gasteiger partial charge in [0, 0.05) is 41.6 Å². The number of hydrogen-bond donors (Lipinski definition) is 4. The highest BCUT2D eigenvalue weighted by molar-refractivity contribution is 6.35. The molecule has 192 valence electrons. The lowest BCUT2D eigenvalue weighted by atomic mass is 9.96. The van der Waals surface area contributed by atoms with E-state index in [2.05, 4.69) is 58.4 Å². The highest BCUT2D eigenvalue weighted by atomic mass is 35.5. The molecule has 2 aromatic heterocycles. The number of fused-ring (bicyclic) bond motifs is 1. The van der Waals surface area contributed by atoms with Crippen LogP contribution in [0.1, 0.15) is 52.1 Å². The van der Waals surface area contributed by atoms with E-state index in [1.165, 1.54) is 12.3 Å². The van der Waals surface area contributed by atoms with Crippen molar-refractivity contribution >= 4 is 33.9 Å². The van der Waals surface area contributed by atoms with Crippen molar-refractivity contribution in [2.45, 2.75) is 45.7 Å². The minimum atomic E-state index is -1.95. The number of anilines is 2. The summed E-state index contributed by atoms with van der Waals surface area (Å²) in [6.45, 7) is 6.77. The van der Waals surface area contributed by atoms with Crippen LogP contribution in [0.15, 0.2) is 42.4 Å². The molecule has 8 nitrogen and oxygen atoms in total. The third-order valence-corrected chi connectivity index (χ3v) is 6.28. The molecule has 5 rings (SSSR count). The van der Waals surface area contributed by atoms with Crippen molar-refractivity contribution in [2.75, 3.05) is 17.2 Å². The fraction of sp³-hybridized carbons (Fsp3) is 0.346. The number of aromatic nitrogens is 2. The van der Waals surface area contributed by atoms with E-state index < -0.39 is 17.9 Å². The first kappa shape index (κ1) is 23.7. The Bertz CT molecular complexity index is 1480. The summed E-state index contributed by atoms with van der Waals surface area (Å²) < 4.78 is 38.1. The van der Waals surface area contributed by atoms with E-state index in [4.69, 9.17) is 11.6 Å². The highest BCUT2D eigenvalue weighted by Crippen LogP contribution is 2.37. The van der Waals surface area contributed by atoms with Crippen molar-refractivity contribution < 1.29 is 10.2 Å². The molecule has 0 amide bonds. The molecule has 0 spiro atoms. The summed E-state index contributed by atoms with van der Waals surface area (Å²) in [4.78, 5) is 7.68. The number of hydrogen-bond acceptors (Lipinski definition) is 8. The molecular formula is C26H27ClF2N8. The molecule has 0 bridgehead atoms. The van der Waals surface area contributed by atoms with Crippen LogP contribution in [0.3, 0.4) is 0 Å². The molecule has 11 heteroatoms. The summed E-state index contributed by atoms with van der Waals surface area (Å²) in [6.07, 6.45) is 5.13. The van der Waals surface area contributed by atoms with Gasteiger partial charge >= 0.3 is 0 Å². The zero-order valence-electron chi connectivity index (χ0n) is 21.6. The average Bonchev–Trinajstić information content (AvgIpc) is 3.57. The van der Waals surface area contributed by atoms with Gasteiger partial charge < -0.3 is 16.1 Å². The predicted molar refractivity (Wildman–Crippen MR) is 139 cm³/mol. The number of halogens is 3. The molecular weight excluding hydrogens is 498 g/mol. The lowest BCUT2D eigenvalue weighted by Gasteiger charge is -2.23. The van der Waals surface area contributed by atoms with Gasteiger partial charge in [0.25, 0.3) is 0 Å². The van der Waals surface area contributed by atoms with Crippen LogP contribution in [0, 0.1) is 28.6 Å². The second-order valence-electron chi connectivity index (χ2n) is 10.3. The van der Waals surface area contributed by atoms with Gasteiger partial charge in [0.1, 0.15) is 6.07 Å². The van der Waals surface area contributed by atoms with Gasteiger partial charge in [-0.15, -0.1) is 5.53 Å². The molecule has 1 saturated carbocycles. The first-order chi connectivity index (χ1) is 18.0. The van der Waals surface area contributed by atoms with Crippen molar-refractivity contribution in [1.82, 2.24) is 25.9 Å². The Hall–Kier alpha value is -3.68. The fourth-order valence-corrected chi connectivity index (χ4v) is 4.26. The SMILES string of the molecule is [2H][C@@](Nc1cc(Cl)c2ncc(C#N)c(NCC(C)(C)C)c2c1)(C1=CN(C2CC2)NN1)c1ccc(F)nc1F. The van der Waals surface area contributed by atoms with Gasteiger partial charge in [-0.25, -0.2) is 0 Å². The average molecular weight is 526 g/mol. The third kappa shape index (κ3) is 5.38. The minimum Gasteiger partial charge on any atom is -0.383 e. The smallest absolute Gasteiger partial charge is 0.221 e. The van der Waals surface area contributed by atoms with Gasteiger partial charge in [-0.05, 0) is 42.5 Å². The molecule has 0 saturated heterocycles. The van der Waals surface area contributed by atoms with Crippen LogP contribution >= 0.6 is 11.6 Å². The van der Waals surface area contributed by atoms with E-state index in [9.17, 15) is 15.4 Å². The molecule has 3 heterocycles. The van der Waals surface area contributed by atoms with Crippen LogP contribution < -0.4 is 21.6 Å². The molecule has 1 aliphatic carbocycles. The fourth-order valence-electron chi connectivity index (χ4n) is 3.99. The van der Waals surface area contributed by atoms with E-state index in [0.29, 0.717) is 34.4 Å². The summed E-state index contributed by atoms with van der Waals surface area (Å²) in [7, 11) is 0. The van der Waals surface area contributed by atoms with E-state index >= 15 is 0 Å². The van der Waals surface area contributed by atoms with Crippen LogP contribution in [0.5, 0.6) is 0 Å². The largest absolute Gasteiger partial charge is 0.383 e. The summed E-state index contributed by atoms with van der Waals surface area (Å²) in [5.41, 5.74) is 7.68. The second kappa shape index (κ2) is 9.65. The molecule has 0 radical (unpaired) electrons. The summed E-state index contributed by atoms with van der Waals surface area (Å²) in [6, 6.07) is 5.97. The standard InChI is InChI=1S/C26H27ClF2N8/c1-26(2,3)13-32-22-14(10-30)11-31-23-18(22)8-15(9-19(23)27)33-24(17-6-7-21(28)34-25(17)29)20-12-37(36-35-20)16-4-5-16/h6-9,11-12,16,24,33,35-36H,4-5,13H2,1-3H3,(H,31,32)/t24-/m0/s1/i24D. The lowest BCUT2D eigenvalue weighted by molar-refractivity contribution is 0.260. The Morgan fingerprint density at radius 3 is 2.78 bits per heavy atom. The van der Waals surface area contributed by atoms with E-state index in [1.807, 2.05) is 5.01 Å². The van der Waals surface area contributed by atoms with Gasteiger partial charge in [0.15, 0.2) is 0 Å². The summed E-state index contributed by atoms with van der Waals surface area (Å²) in [5, 5.41) is 18.8. The van der Waals surface area contributed by atoms with Gasteiger partial charge in [-0.1, -0.05) is 32.4 Å². The Kier molecular flexibility index (Phi) is 6.18. The van der Waals surface area contributed by atoms with Crippen molar-refractivity contribution in [3.05, 3.63) is 70.4 Å². The third-order valence-electron chi connectivity index (χ3n) is 5.99. The normalized spacial score (nSPS) is 17.5. The number of hydrazine groups is 2. The molecule has 3 aromatic rings. The van der Waals surface area contributed by atoms with Crippen molar-refractivity contribution in [3.8, 4) is 6.07 Å². The molecule has 0 unspecified atom stereocenters. The minimum absolute atomic E-state index is 0.0769. The lowest BCUT2D eigenvalue weighted by Crippen LogP contribution is -2.38. The second-order valence-corrected chi connectivity index (χ2v) is 10.7. The molecule has 1 atom stereocenters. The number of pyridine rings is 2. The van der Waals surface area contributed by atoms with Crippen LogP contribution in [-0.4, -0.2) is 27.6 Å². The quantitative estimate of drug-likeness (QED) is 0.305. The Morgan fingerprint density at radius 1 is 1.32 bits per heavy atom. The zero-order valence-corrected chi connectivity index (χ0v) is 21.3. The number of nitrogens with zero attached hydrogens (tertiary/aromatic N) is 4. The highest BCUT2D eigenvalue weighted by Gasteiger charge is 2.33. The molecule has 37 heavy (non-hydrogen) atoms. The number of benzene rings is 1. The van der Waals surface area contributed by atoms with Gasteiger partial charge in [-0.3, -0.25) is 9.99 Å². The maximum absolute atomic E-state index is 15.0. The van der Waals surface area contributed by atoms with E-state index in [0.717, 1.165) is 18.9 Å². The van der Waals surface area contributed by atoms with Crippen LogP contribution in [0.25, 0.3) is 10.9 Å². The Morgan fingerprint density at radius 2 is 2.11 bits per heavy atom. The van der Waals surface area contributed by atoms with Crippen molar-refractivity contribution in [2.24, 2.45) is 5.41 Å². The van der Waals surface area contributed by atoms with E-state index in [-0.39, 0.29) is 27.7 Å². The zero-order chi connectivity index (χ0) is 27.2. The predicted octanol–water partition coefficient (Wildman–Crippen LogP) is 5.37. The number of nitriles is 1. The number of rotatable bonds is 7. The number of nitrogens with one attached hydrogen (secondary N) is 4. The molecule has 2 aliphatic rings. The van der Waals surface area contributed by atoms with Crippen molar-refractivity contribution in [1.29, 1.82) is 5.26 Å². The van der Waals surface area contributed by atoms with Crippen LogP contribution in [-0.2, 0) is 0 Å². The van der Waals surface area contributed by atoms with E-state index in [1.54, 1.807) is 18.3 Å². The van der Waals surface area contributed by atoms with Crippen LogP contribution in [0.4, 0.5) is 20.2 Å². The molecule has 1 aliphatic heterocycles. The molecule has 4 N–H and O–H groups in total.